The highest BCUT2D eigenvalue weighted by Gasteiger charge is 2.19. The van der Waals surface area contributed by atoms with Crippen LogP contribution in [0.3, 0.4) is 0 Å². The van der Waals surface area contributed by atoms with Crippen molar-refractivity contribution in [3.05, 3.63) is 53.6 Å². The molecule has 2 unspecified atom stereocenters. The molecule has 1 aromatic carbocycles. The first-order valence-electron chi connectivity index (χ1n) is 7.13. The van der Waals surface area contributed by atoms with Gasteiger partial charge in [-0.3, -0.25) is 4.68 Å². The van der Waals surface area contributed by atoms with Crippen LogP contribution in [0.4, 0.5) is 4.39 Å². The fourth-order valence-electron chi connectivity index (χ4n) is 2.59. The minimum Gasteiger partial charge on any atom is -0.324 e. The molecule has 0 radical (unpaired) electrons. The van der Waals surface area contributed by atoms with Crippen LogP contribution in [0.15, 0.2) is 36.7 Å². The maximum Gasteiger partial charge on any atom is 0.127 e. The van der Waals surface area contributed by atoms with E-state index in [9.17, 15) is 4.39 Å². The summed E-state index contributed by atoms with van der Waals surface area (Å²) in [5.74, 6) is -0.0738. The summed E-state index contributed by atoms with van der Waals surface area (Å²) in [6.45, 7) is 3.66. The first-order chi connectivity index (χ1) is 9.97. The van der Waals surface area contributed by atoms with Crippen LogP contribution in [0.5, 0.6) is 0 Å². The summed E-state index contributed by atoms with van der Waals surface area (Å²) >= 11 is 0. The van der Waals surface area contributed by atoms with Gasteiger partial charge in [0.05, 0.1) is 6.20 Å². The number of aromatic nitrogens is 2. The highest BCUT2D eigenvalue weighted by Crippen LogP contribution is 2.22. The molecule has 2 aromatic rings. The number of hydrogen-bond donors (Lipinski definition) is 1. The van der Waals surface area contributed by atoms with Crippen molar-refractivity contribution in [3.63, 3.8) is 0 Å². The van der Waals surface area contributed by atoms with E-state index < -0.39 is 0 Å². The fourth-order valence-corrected chi connectivity index (χ4v) is 2.59. The van der Waals surface area contributed by atoms with Crippen LogP contribution in [-0.2, 0) is 13.6 Å². The van der Waals surface area contributed by atoms with Gasteiger partial charge in [0.2, 0.25) is 0 Å². The molecule has 21 heavy (non-hydrogen) atoms. The lowest BCUT2D eigenvalue weighted by molar-refractivity contribution is 0.256. The largest absolute Gasteiger partial charge is 0.324 e. The molecule has 0 bridgehead atoms. The van der Waals surface area contributed by atoms with E-state index in [1.165, 1.54) is 6.07 Å². The van der Waals surface area contributed by atoms with Crippen molar-refractivity contribution < 1.29 is 4.39 Å². The van der Waals surface area contributed by atoms with Gasteiger partial charge in [-0.15, -0.1) is 0 Å². The number of halogens is 1. The minimum absolute atomic E-state index is 0.156. The van der Waals surface area contributed by atoms with Crippen molar-refractivity contribution in [1.29, 1.82) is 0 Å². The zero-order chi connectivity index (χ0) is 15.4. The summed E-state index contributed by atoms with van der Waals surface area (Å²) in [5.41, 5.74) is 7.94. The molecule has 0 amide bonds. The molecule has 2 N–H and O–H groups in total. The molecule has 2 atom stereocenters. The van der Waals surface area contributed by atoms with Crippen LogP contribution in [0.2, 0.25) is 0 Å². The van der Waals surface area contributed by atoms with Crippen LogP contribution in [-0.4, -0.2) is 28.3 Å². The predicted molar refractivity (Wildman–Crippen MR) is 82.0 cm³/mol. The number of benzene rings is 1. The topological polar surface area (TPSA) is 47.1 Å². The average molecular weight is 290 g/mol. The summed E-state index contributed by atoms with van der Waals surface area (Å²) < 4.78 is 15.6. The van der Waals surface area contributed by atoms with Gasteiger partial charge >= 0.3 is 0 Å². The van der Waals surface area contributed by atoms with Crippen molar-refractivity contribution in [1.82, 2.24) is 14.7 Å². The van der Waals surface area contributed by atoms with Crippen LogP contribution in [0.25, 0.3) is 0 Å². The third-order valence-electron chi connectivity index (χ3n) is 3.69. The Hall–Kier alpha value is -1.72. The van der Waals surface area contributed by atoms with E-state index in [-0.39, 0.29) is 17.8 Å². The Balaban J connectivity index is 1.94. The van der Waals surface area contributed by atoms with Crippen molar-refractivity contribution in [3.8, 4) is 0 Å². The van der Waals surface area contributed by atoms with Gasteiger partial charge in [-0.05, 0) is 19.0 Å². The molecule has 1 aromatic heterocycles. The molecule has 0 saturated heterocycles. The van der Waals surface area contributed by atoms with Gasteiger partial charge < -0.3 is 10.6 Å². The lowest BCUT2D eigenvalue weighted by Crippen LogP contribution is -2.31. The van der Waals surface area contributed by atoms with E-state index in [0.29, 0.717) is 5.56 Å². The van der Waals surface area contributed by atoms with E-state index in [1.54, 1.807) is 16.8 Å². The molecule has 0 aliphatic rings. The van der Waals surface area contributed by atoms with E-state index in [1.807, 2.05) is 32.6 Å². The summed E-state index contributed by atoms with van der Waals surface area (Å²) in [5, 5.41) is 4.16. The van der Waals surface area contributed by atoms with E-state index in [0.717, 1.165) is 18.7 Å². The Morgan fingerprint density at radius 3 is 2.71 bits per heavy atom. The van der Waals surface area contributed by atoms with Crippen LogP contribution in [0.1, 0.15) is 24.1 Å². The SMILES string of the molecule is CC(CN(C)Cc1cnn(C)c1)C(N)c1ccccc1F. The number of rotatable bonds is 6. The molecule has 0 spiro atoms. The number of aryl methyl sites for hydroxylation is 1. The van der Waals surface area contributed by atoms with Gasteiger partial charge in [-0.1, -0.05) is 25.1 Å². The second kappa shape index (κ2) is 6.83. The summed E-state index contributed by atoms with van der Waals surface area (Å²) in [6.07, 6.45) is 3.86. The molecule has 1 heterocycles. The molecule has 2 rings (SSSR count). The van der Waals surface area contributed by atoms with E-state index >= 15 is 0 Å². The molecular weight excluding hydrogens is 267 g/mol. The molecule has 4 nitrogen and oxygen atoms in total. The minimum atomic E-state index is -0.303. The quantitative estimate of drug-likeness (QED) is 0.888. The van der Waals surface area contributed by atoms with Crippen molar-refractivity contribution >= 4 is 0 Å². The third-order valence-corrected chi connectivity index (χ3v) is 3.69. The lowest BCUT2D eigenvalue weighted by Gasteiger charge is -2.26. The van der Waals surface area contributed by atoms with Crippen LogP contribution < -0.4 is 5.73 Å². The lowest BCUT2D eigenvalue weighted by atomic mass is 9.94. The Labute approximate surface area is 125 Å². The third kappa shape index (κ3) is 4.12. The van der Waals surface area contributed by atoms with Crippen molar-refractivity contribution in [2.45, 2.75) is 19.5 Å². The smallest absolute Gasteiger partial charge is 0.127 e. The number of hydrogen-bond acceptors (Lipinski definition) is 3. The Morgan fingerprint density at radius 2 is 2.10 bits per heavy atom. The summed E-state index contributed by atoms with van der Waals surface area (Å²) in [7, 11) is 3.94. The molecule has 5 heteroatoms. The highest BCUT2D eigenvalue weighted by atomic mass is 19.1. The van der Waals surface area contributed by atoms with Gasteiger partial charge in [-0.25, -0.2) is 4.39 Å². The van der Waals surface area contributed by atoms with E-state index in [4.69, 9.17) is 5.73 Å². The molecule has 114 valence electrons. The number of nitrogens with two attached hydrogens (primary N) is 1. The zero-order valence-electron chi connectivity index (χ0n) is 12.8. The van der Waals surface area contributed by atoms with Crippen LogP contribution >= 0.6 is 0 Å². The highest BCUT2D eigenvalue weighted by molar-refractivity contribution is 5.21. The van der Waals surface area contributed by atoms with Gasteiger partial charge in [0, 0.05) is 43.5 Å². The molecular formula is C16H23FN4. The normalized spacial score (nSPS) is 14.4. The monoisotopic (exact) mass is 290 g/mol. The van der Waals surface area contributed by atoms with Gasteiger partial charge in [0.25, 0.3) is 0 Å². The molecule has 0 fully saturated rings. The standard InChI is InChI=1S/C16H23FN4/c1-12(16(18)14-6-4-5-7-15(14)17)9-20(2)10-13-8-19-21(3)11-13/h4-8,11-12,16H,9-10,18H2,1-3H3. The summed E-state index contributed by atoms with van der Waals surface area (Å²) in [4.78, 5) is 2.18. The van der Waals surface area contributed by atoms with Crippen LogP contribution in [0, 0.1) is 11.7 Å². The zero-order valence-corrected chi connectivity index (χ0v) is 12.8. The Bertz CT molecular complexity index is 581. The maximum atomic E-state index is 13.8. The van der Waals surface area contributed by atoms with Crippen molar-refractivity contribution in [2.24, 2.45) is 18.7 Å². The average Bonchev–Trinajstić information content (AvgIpc) is 2.83. The first-order valence-corrected chi connectivity index (χ1v) is 7.13. The second-order valence-corrected chi connectivity index (χ2v) is 5.74. The number of nitrogens with zero attached hydrogens (tertiary/aromatic N) is 3. The molecule has 0 aliphatic heterocycles. The summed E-state index contributed by atoms with van der Waals surface area (Å²) in [6, 6.07) is 6.43. The second-order valence-electron chi connectivity index (χ2n) is 5.74. The fraction of sp³-hybridized carbons (Fsp3) is 0.438. The molecule has 0 aliphatic carbocycles. The predicted octanol–water partition coefficient (Wildman–Crippen LogP) is 2.33. The van der Waals surface area contributed by atoms with E-state index in [2.05, 4.69) is 16.9 Å². The molecule has 0 saturated carbocycles. The van der Waals surface area contributed by atoms with Crippen molar-refractivity contribution in [2.75, 3.05) is 13.6 Å². The van der Waals surface area contributed by atoms with Gasteiger partial charge in [0.15, 0.2) is 0 Å². The first kappa shape index (κ1) is 15.7. The van der Waals surface area contributed by atoms with Gasteiger partial charge in [-0.2, -0.15) is 5.10 Å². The maximum absolute atomic E-state index is 13.8. The Morgan fingerprint density at radius 1 is 1.38 bits per heavy atom. The van der Waals surface area contributed by atoms with Gasteiger partial charge in [0.1, 0.15) is 5.82 Å². The Kier molecular flexibility index (Phi) is 5.09.